The molecule has 0 spiro atoms. The molecule has 0 saturated carbocycles. The Kier molecular flexibility index (Phi) is 7.40. The van der Waals surface area contributed by atoms with Crippen LogP contribution in [0.15, 0.2) is 54.9 Å². The Labute approximate surface area is 227 Å². The quantitative estimate of drug-likeness (QED) is 0.310. The average molecular weight is 526 g/mol. The fourth-order valence-electron chi connectivity index (χ4n) is 3.71. The number of hydrogen-bond acceptors (Lipinski definition) is 8. The van der Waals surface area contributed by atoms with E-state index in [1.807, 2.05) is 62.3 Å². The van der Waals surface area contributed by atoms with E-state index in [1.165, 1.54) is 6.33 Å². The molecule has 0 radical (unpaired) electrons. The van der Waals surface area contributed by atoms with Crippen LogP contribution >= 0.6 is 0 Å². The molecular formula is C28H31N9O2. The molecule has 2 aromatic carbocycles. The monoisotopic (exact) mass is 525 g/mol. The van der Waals surface area contributed by atoms with Gasteiger partial charge in [-0.2, -0.15) is 10.4 Å². The molecule has 0 aliphatic heterocycles. The lowest BCUT2D eigenvalue weighted by molar-refractivity contribution is 0.262. The molecule has 4 rings (SSSR count). The number of benzene rings is 2. The number of hydrogen-bond donors (Lipinski definition) is 3. The predicted molar refractivity (Wildman–Crippen MR) is 152 cm³/mol. The van der Waals surface area contributed by atoms with Crippen molar-refractivity contribution in [2.24, 2.45) is 0 Å². The predicted octanol–water partition coefficient (Wildman–Crippen LogP) is 5.22. The first-order valence-corrected chi connectivity index (χ1v) is 12.2. The van der Waals surface area contributed by atoms with E-state index in [0.29, 0.717) is 17.3 Å². The van der Waals surface area contributed by atoms with Crippen LogP contribution in [0, 0.1) is 18.3 Å². The summed E-state index contributed by atoms with van der Waals surface area (Å²) in [7, 11) is 3.96. The van der Waals surface area contributed by atoms with Gasteiger partial charge in [-0.3, -0.25) is 5.32 Å². The molecule has 0 aliphatic carbocycles. The number of nitrogens with one attached hydrogen (secondary N) is 2. The first-order valence-electron chi connectivity index (χ1n) is 12.2. The number of nitrogens with zero attached hydrogens (tertiary/aromatic N) is 6. The second kappa shape index (κ2) is 10.7. The van der Waals surface area contributed by atoms with E-state index < -0.39 is 6.03 Å². The van der Waals surface area contributed by atoms with Crippen molar-refractivity contribution >= 4 is 29.0 Å². The molecule has 39 heavy (non-hydrogen) atoms. The number of aromatic nitrogens is 4. The van der Waals surface area contributed by atoms with Crippen molar-refractivity contribution in [2.45, 2.75) is 33.1 Å². The van der Waals surface area contributed by atoms with E-state index >= 15 is 0 Å². The molecule has 11 heteroatoms. The molecule has 4 N–H and O–H groups in total. The Bertz CT molecular complexity index is 1540. The Hall–Kier alpha value is -5.11. The molecule has 4 aromatic rings. The van der Waals surface area contributed by atoms with Gasteiger partial charge in [0.05, 0.1) is 11.4 Å². The van der Waals surface area contributed by atoms with Crippen LogP contribution in [-0.2, 0) is 5.41 Å². The maximum atomic E-state index is 13.0. The van der Waals surface area contributed by atoms with Crippen LogP contribution in [0.1, 0.15) is 37.6 Å². The molecule has 2 aromatic heterocycles. The van der Waals surface area contributed by atoms with Crippen molar-refractivity contribution in [1.29, 1.82) is 5.26 Å². The van der Waals surface area contributed by atoms with Crippen molar-refractivity contribution in [1.82, 2.24) is 19.7 Å². The molecule has 0 aliphatic rings. The highest BCUT2D eigenvalue weighted by atomic mass is 16.5. The Balaban J connectivity index is 1.54. The van der Waals surface area contributed by atoms with Crippen molar-refractivity contribution in [3.63, 3.8) is 0 Å². The topological polar surface area (TPSA) is 147 Å². The van der Waals surface area contributed by atoms with Crippen LogP contribution in [0.2, 0.25) is 0 Å². The van der Waals surface area contributed by atoms with Gasteiger partial charge in [-0.15, -0.1) is 0 Å². The first kappa shape index (κ1) is 26.9. The molecule has 0 unspecified atom stereocenters. The summed E-state index contributed by atoms with van der Waals surface area (Å²) in [6, 6.07) is 16.4. The number of rotatable bonds is 6. The van der Waals surface area contributed by atoms with Crippen LogP contribution < -0.4 is 26.0 Å². The fraction of sp³-hybridized carbons (Fsp3) is 0.250. The van der Waals surface area contributed by atoms with Gasteiger partial charge in [-0.25, -0.2) is 19.4 Å². The summed E-state index contributed by atoms with van der Waals surface area (Å²) >= 11 is 0. The third-order valence-corrected chi connectivity index (χ3v) is 5.94. The van der Waals surface area contributed by atoms with Crippen LogP contribution in [0.25, 0.3) is 5.69 Å². The number of anilines is 4. The minimum atomic E-state index is -0.423. The SMILES string of the molecule is Cc1cc(Oc2ncnc(N)c2C#N)ccc1NC(=O)Nc1cc(C(C)(C)C)nn1-c1ccc(N(C)C)cc1. The molecule has 0 fully saturated rings. The van der Waals surface area contributed by atoms with E-state index in [2.05, 4.69) is 41.4 Å². The van der Waals surface area contributed by atoms with Crippen LogP contribution in [0.5, 0.6) is 11.6 Å². The van der Waals surface area contributed by atoms with Crippen LogP contribution in [-0.4, -0.2) is 39.9 Å². The number of carbonyl (C=O) groups excluding carboxylic acids is 1. The number of nitrogens with two attached hydrogens (primary N) is 1. The van der Waals surface area contributed by atoms with E-state index in [1.54, 1.807) is 22.9 Å². The lowest BCUT2D eigenvalue weighted by atomic mass is 9.92. The molecule has 200 valence electrons. The molecule has 2 amide bonds. The maximum absolute atomic E-state index is 13.0. The molecular weight excluding hydrogens is 494 g/mol. The summed E-state index contributed by atoms with van der Waals surface area (Å²) in [5.74, 6) is 1.07. The van der Waals surface area contributed by atoms with Gasteiger partial charge in [0.1, 0.15) is 29.8 Å². The number of nitriles is 1. The van der Waals surface area contributed by atoms with Gasteiger partial charge in [0.15, 0.2) is 5.56 Å². The molecule has 2 heterocycles. The third-order valence-electron chi connectivity index (χ3n) is 5.94. The first-order chi connectivity index (χ1) is 18.5. The Morgan fingerprint density at radius 3 is 2.41 bits per heavy atom. The summed E-state index contributed by atoms with van der Waals surface area (Å²) in [6.07, 6.45) is 1.23. The van der Waals surface area contributed by atoms with E-state index in [-0.39, 0.29) is 22.7 Å². The molecule has 11 nitrogen and oxygen atoms in total. The number of nitrogen functional groups attached to an aromatic ring is 1. The smallest absolute Gasteiger partial charge is 0.324 e. The van der Waals surface area contributed by atoms with Gasteiger partial charge in [0, 0.05) is 37.0 Å². The average Bonchev–Trinajstić information content (AvgIpc) is 3.30. The fourth-order valence-corrected chi connectivity index (χ4v) is 3.71. The lowest BCUT2D eigenvalue weighted by Gasteiger charge is -2.15. The summed E-state index contributed by atoms with van der Waals surface area (Å²) < 4.78 is 7.47. The number of carbonyl (C=O) groups is 1. The van der Waals surface area contributed by atoms with Crippen LogP contribution in [0.4, 0.5) is 27.8 Å². The third kappa shape index (κ3) is 6.07. The summed E-state index contributed by atoms with van der Waals surface area (Å²) in [5.41, 5.74) is 9.63. The van der Waals surface area contributed by atoms with Gasteiger partial charge in [-0.1, -0.05) is 20.8 Å². The van der Waals surface area contributed by atoms with Gasteiger partial charge in [0.25, 0.3) is 0 Å². The maximum Gasteiger partial charge on any atom is 0.324 e. The van der Waals surface area contributed by atoms with Gasteiger partial charge < -0.3 is 20.7 Å². The standard InChI is InChI=1S/C28H31N9O2/c1-17-13-20(39-26-21(15-29)25(30)31-16-32-26)11-12-22(17)33-27(38)34-24-14-23(28(2,3)4)35-37(24)19-9-7-18(8-10-19)36(5)6/h7-14,16H,1-6H3,(H2,30,31,32)(H2,33,34,38). The van der Waals surface area contributed by atoms with Gasteiger partial charge >= 0.3 is 6.03 Å². The normalized spacial score (nSPS) is 11.0. The van der Waals surface area contributed by atoms with Crippen molar-refractivity contribution < 1.29 is 9.53 Å². The van der Waals surface area contributed by atoms with Crippen molar-refractivity contribution in [3.8, 4) is 23.4 Å². The van der Waals surface area contributed by atoms with Crippen molar-refractivity contribution in [2.75, 3.05) is 35.4 Å². The van der Waals surface area contributed by atoms with E-state index in [4.69, 9.17) is 15.6 Å². The van der Waals surface area contributed by atoms with Crippen LogP contribution in [0.3, 0.4) is 0 Å². The molecule has 0 saturated heterocycles. The number of aryl methyl sites for hydroxylation is 1. The second-order valence-corrected chi connectivity index (χ2v) is 10.2. The highest BCUT2D eigenvalue weighted by Crippen LogP contribution is 2.29. The summed E-state index contributed by atoms with van der Waals surface area (Å²) in [4.78, 5) is 22.9. The summed E-state index contributed by atoms with van der Waals surface area (Å²) in [6.45, 7) is 8.04. The number of urea groups is 1. The zero-order chi connectivity index (χ0) is 28.3. The largest absolute Gasteiger partial charge is 0.437 e. The Morgan fingerprint density at radius 1 is 1.08 bits per heavy atom. The van der Waals surface area contributed by atoms with Gasteiger partial charge in [0.2, 0.25) is 5.88 Å². The summed E-state index contributed by atoms with van der Waals surface area (Å²) in [5, 5.41) is 19.9. The number of amides is 2. The minimum absolute atomic E-state index is 0.0386. The zero-order valence-electron chi connectivity index (χ0n) is 22.8. The van der Waals surface area contributed by atoms with E-state index in [9.17, 15) is 10.1 Å². The lowest BCUT2D eigenvalue weighted by Crippen LogP contribution is -2.21. The number of ether oxygens (including phenoxy) is 1. The zero-order valence-corrected chi connectivity index (χ0v) is 22.8. The molecule has 0 bridgehead atoms. The molecule has 0 atom stereocenters. The van der Waals surface area contributed by atoms with Crippen molar-refractivity contribution in [3.05, 3.63) is 71.7 Å². The Morgan fingerprint density at radius 2 is 1.79 bits per heavy atom. The second-order valence-electron chi connectivity index (χ2n) is 10.2. The highest BCUT2D eigenvalue weighted by Gasteiger charge is 2.22. The van der Waals surface area contributed by atoms with E-state index in [0.717, 1.165) is 22.6 Å². The minimum Gasteiger partial charge on any atom is -0.437 e. The highest BCUT2D eigenvalue weighted by molar-refractivity contribution is 6.00. The van der Waals surface area contributed by atoms with Gasteiger partial charge in [-0.05, 0) is 55.0 Å².